The molecule has 90 valence electrons. The minimum atomic E-state index is 0.331. The van der Waals surface area contributed by atoms with Crippen LogP contribution in [-0.2, 0) is 0 Å². The first-order valence-electron chi connectivity index (χ1n) is 5.92. The fraction of sp³-hybridized carbons (Fsp3) is 0.583. The zero-order valence-electron chi connectivity index (χ0n) is 10.0. The lowest BCUT2D eigenvalue weighted by Gasteiger charge is -2.34. The van der Waals surface area contributed by atoms with Crippen LogP contribution in [0.4, 0.5) is 5.82 Å². The molecule has 0 radical (unpaired) electrons. The predicted octanol–water partition coefficient (Wildman–Crippen LogP) is 1.05. The summed E-state index contributed by atoms with van der Waals surface area (Å²) in [7, 11) is 1.98. The lowest BCUT2D eigenvalue weighted by atomic mass is 9.91. The van der Waals surface area contributed by atoms with Gasteiger partial charge in [-0.2, -0.15) is 10.4 Å². The van der Waals surface area contributed by atoms with Crippen molar-refractivity contribution in [1.29, 1.82) is 5.26 Å². The number of rotatable bonds is 2. The summed E-state index contributed by atoms with van der Waals surface area (Å²) in [6.07, 6.45) is 5.74. The third-order valence-corrected chi connectivity index (χ3v) is 3.44. The Hall–Kier alpha value is -1.67. The van der Waals surface area contributed by atoms with Gasteiger partial charge >= 0.3 is 0 Å². The van der Waals surface area contributed by atoms with Crippen molar-refractivity contribution in [2.45, 2.75) is 37.8 Å². The van der Waals surface area contributed by atoms with Gasteiger partial charge < -0.3 is 10.6 Å². The van der Waals surface area contributed by atoms with Crippen LogP contribution in [0.5, 0.6) is 0 Å². The Balaban J connectivity index is 2.14. The van der Waals surface area contributed by atoms with Gasteiger partial charge in [-0.1, -0.05) is 0 Å². The molecule has 0 aliphatic heterocycles. The summed E-state index contributed by atoms with van der Waals surface area (Å²) in [6.45, 7) is 0. The average Bonchev–Trinajstić information content (AvgIpc) is 2.39. The Morgan fingerprint density at radius 3 is 2.76 bits per heavy atom. The maximum absolute atomic E-state index is 9.04. The molecule has 1 heterocycles. The molecule has 5 nitrogen and oxygen atoms in total. The summed E-state index contributed by atoms with van der Waals surface area (Å²) in [5.41, 5.74) is 6.47. The van der Waals surface area contributed by atoms with E-state index in [1.807, 2.05) is 7.05 Å². The summed E-state index contributed by atoms with van der Waals surface area (Å²) >= 11 is 0. The fourth-order valence-electron chi connectivity index (χ4n) is 2.33. The third-order valence-electron chi connectivity index (χ3n) is 3.44. The van der Waals surface area contributed by atoms with Crippen molar-refractivity contribution in [1.82, 2.24) is 10.2 Å². The minimum Gasteiger partial charge on any atom is -0.354 e. The second kappa shape index (κ2) is 5.11. The first-order valence-corrected chi connectivity index (χ1v) is 5.92. The molecule has 5 heteroatoms. The van der Waals surface area contributed by atoms with E-state index in [0.29, 0.717) is 23.5 Å². The van der Waals surface area contributed by atoms with Gasteiger partial charge in [0.25, 0.3) is 0 Å². The van der Waals surface area contributed by atoms with Gasteiger partial charge in [-0.15, -0.1) is 5.10 Å². The summed E-state index contributed by atoms with van der Waals surface area (Å²) in [5.74, 6) is 0.676. The monoisotopic (exact) mass is 231 g/mol. The van der Waals surface area contributed by atoms with Gasteiger partial charge in [0.1, 0.15) is 6.07 Å². The molecule has 2 rings (SSSR count). The van der Waals surface area contributed by atoms with Crippen molar-refractivity contribution in [3.05, 3.63) is 17.8 Å². The van der Waals surface area contributed by atoms with Crippen LogP contribution in [0.3, 0.4) is 0 Å². The fourth-order valence-corrected chi connectivity index (χ4v) is 2.33. The summed E-state index contributed by atoms with van der Waals surface area (Å²) in [5, 5.41) is 17.0. The molecule has 0 saturated heterocycles. The van der Waals surface area contributed by atoms with Crippen molar-refractivity contribution in [3.63, 3.8) is 0 Å². The highest BCUT2D eigenvalue weighted by atomic mass is 15.3. The summed E-state index contributed by atoms with van der Waals surface area (Å²) in [6, 6.07) is 4.60. The highest BCUT2D eigenvalue weighted by molar-refractivity contribution is 5.52. The van der Waals surface area contributed by atoms with Crippen molar-refractivity contribution >= 4 is 5.82 Å². The predicted molar refractivity (Wildman–Crippen MR) is 65.4 cm³/mol. The number of nitrogens with zero attached hydrogens (tertiary/aromatic N) is 4. The number of nitriles is 1. The van der Waals surface area contributed by atoms with E-state index < -0.39 is 0 Å². The molecule has 0 atom stereocenters. The van der Waals surface area contributed by atoms with Crippen LogP contribution >= 0.6 is 0 Å². The molecule has 0 aromatic carbocycles. The summed E-state index contributed by atoms with van der Waals surface area (Å²) in [4.78, 5) is 2.07. The number of anilines is 1. The minimum absolute atomic E-state index is 0.331. The molecule has 1 saturated carbocycles. The Morgan fingerprint density at radius 1 is 1.41 bits per heavy atom. The van der Waals surface area contributed by atoms with Gasteiger partial charge in [-0.3, -0.25) is 0 Å². The van der Waals surface area contributed by atoms with Crippen LogP contribution in [0.2, 0.25) is 0 Å². The number of hydrogen-bond donors (Lipinski definition) is 1. The Morgan fingerprint density at radius 2 is 2.12 bits per heavy atom. The normalized spacial score (nSPS) is 24.1. The molecular weight excluding hydrogens is 214 g/mol. The van der Waals surface area contributed by atoms with E-state index in [-0.39, 0.29) is 0 Å². The van der Waals surface area contributed by atoms with Crippen molar-refractivity contribution < 1.29 is 0 Å². The standard InChI is InChI=1S/C12H17N5/c1-17(11-4-2-10(14)3-5-11)12-9(8-13)6-7-15-16-12/h6-7,10-11H,2-5,14H2,1H3. The smallest absolute Gasteiger partial charge is 0.169 e. The molecular formula is C12H17N5. The molecule has 1 aliphatic rings. The third kappa shape index (κ3) is 2.53. The SMILES string of the molecule is CN(c1nnccc1C#N)C1CCC(N)CC1. The van der Waals surface area contributed by atoms with E-state index in [1.54, 1.807) is 12.3 Å². The van der Waals surface area contributed by atoms with Crippen LogP contribution in [0.15, 0.2) is 12.3 Å². The zero-order valence-corrected chi connectivity index (χ0v) is 10.0. The van der Waals surface area contributed by atoms with Crippen LogP contribution in [-0.4, -0.2) is 29.3 Å². The summed E-state index contributed by atoms with van der Waals surface area (Å²) < 4.78 is 0. The Labute approximate surface area is 101 Å². The first kappa shape index (κ1) is 11.8. The van der Waals surface area contributed by atoms with Gasteiger partial charge in [-0.25, -0.2) is 0 Å². The number of aromatic nitrogens is 2. The van der Waals surface area contributed by atoms with E-state index in [4.69, 9.17) is 11.0 Å². The van der Waals surface area contributed by atoms with E-state index in [2.05, 4.69) is 21.2 Å². The highest BCUT2D eigenvalue weighted by Gasteiger charge is 2.24. The number of hydrogen-bond acceptors (Lipinski definition) is 5. The molecule has 0 bridgehead atoms. The topological polar surface area (TPSA) is 78.8 Å². The zero-order chi connectivity index (χ0) is 12.3. The highest BCUT2D eigenvalue weighted by Crippen LogP contribution is 2.25. The molecule has 0 spiro atoms. The molecule has 17 heavy (non-hydrogen) atoms. The van der Waals surface area contributed by atoms with Crippen molar-refractivity contribution in [2.75, 3.05) is 11.9 Å². The average molecular weight is 231 g/mol. The largest absolute Gasteiger partial charge is 0.354 e. The van der Waals surface area contributed by atoms with E-state index in [9.17, 15) is 0 Å². The Bertz CT molecular complexity index is 417. The molecule has 1 aromatic heterocycles. The molecule has 0 amide bonds. The van der Waals surface area contributed by atoms with Crippen LogP contribution in [0.1, 0.15) is 31.2 Å². The van der Waals surface area contributed by atoms with Gasteiger partial charge in [0.15, 0.2) is 5.82 Å². The van der Waals surface area contributed by atoms with Crippen LogP contribution < -0.4 is 10.6 Å². The van der Waals surface area contributed by atoms with E-state index in [0.717, 1.165) is 25.7 Å². The molecule has 1 aromatic rings. The van der Waals surface area contributed by atoms with Gasteiger partial charge in [-0.05, 0) is 31.7 Å². The Kier molecular flexibility index (Phi) is 3.55. The van der Waals surface area contributed by atoms with Crippen LogP contribution in [0.25, 0.3) is 0 Å². The number of nitrogens with two attached hydrogens (primary N) is 1. The lowest BCUT2D eigenvalue weighted by Crippen LogP contribution is -2.39. The second-order valence-electron chi connectivity index (χ2n) is 4.56. The van der Waals surface area contributed by atoms with Gasteiger partial charge in [0.05, 0.1) is 11.8 Å². The van der Waals surface area contributed by atoms with E-state index in [1.165, 1.54) is 0 Å². The van der Waals surface area contributed by atoms with Crippen LogP contribution in [0, 0.1) is 11.3 Å². The van der Waals surface area contributed by atoms with Crippen molar-refractivity contribution in [3.8, 4) is 6.07 Å². The first-order chi connectivity index (χ1) is 8.22. The maximum atomic E-state index is 9.04. The van der Waals surface area contributed by atoms with E-state index >= 15 is 0 Å². The molecule has 1 fully saturated rings. The van der Waals surface area contributed by atoms with Gasteiger partial charge in [0, 0.05) is 19.1 Å². The lowest BCUT2D eigenvalue weighted by molar-refractivity contribution is 0.383. The molecule has 0 unspecified atom stereocenters. The second-order valence-corrected chi connectivity index (χ2v) is 4.56. The molecule has 2 N–H and O–H groups in total. The quantitative estimate of drug-likeness (QED) is 0.823. The molecule has 1 aliphatic carbocycles. The van der Waals surface area contributed by atoms with Crippen molar-refractivity contribution in [2.24, 2.45) is 5.73 Å². The van der Waals surface area contributed by atoms with Gasteiger partial charge in [0.2, 0.25) is 0 Å². The maximum Gasteiger partial charge on any atom is 0.169 e.